The third-order valence-corrected chi connectivity index (χ3v) is 4.59. The second kappa shape index (κ2) is 6.56. The number of rotatable bonds is 4. The minimum absolute atomic E-state index is 0.140. The van der Waals surface area contributed by atoms with Crippen LogP contribution in [-0.2, 0) is 6.54 Å². The van der Waals surface area contributed by atoms with E-state index in [2.05, 4.69) is 20.9 Å². The van der Waals surface area contributed by atoms with Gasteiger partial charge in [0.2, 0.25) is 0 Å². The third kappa shape index (κ3) is 3.50. The Balaban J connectivity index is 2.22. The lowest BCUT2D eigenvalue weighted by Gasteiger charge is -2.21. The van der Waals surface area contributed by atoms with Crippen LogP contribution in [0.3, 0.4) is 0 Å². The molecule has 2 rings (SSSR count). The Bertz CT molecular complexity index is 632. The van der Waals surface area contributed by atoms with Crippen LogP contribution in [0.25, 0.3) is 0 Å². The summed E-state index contributed by atoms with van der Waals surface area (Å²) >= 11 is 10.9. The van der Waals surface area contributed by atoms with Gasteiger partial charge in [-0.3, -0.25) is 4.79 Å². The van der Waals surface area contributed by atoms with Crippen LogP contribution in [0, 0.1) is 0 Å². The van der Waals surface area contributed by atoms with E-state index in [-0.39, 0.29) is 11.1 Å². The Kier molecular flexibility index (Phi) is 5.01. The van der Waals surface area contributed by atoms with Crippen molar-refractivity contribution in [3.05, 3.63) is 43.8 Å². The number of halogens is 2. The zero-order valence-electron chi connectivity index (χ0n) is 10.8. The molecule has 0 fully saturated rings. The number of nitrogen functional groups attached to an aromatic ring is 1. The SMILES string of the molecule is CCN(Cc1ccc(Br)s1)C(=O)c1cc(Cl)ncc1N. The number of nitrogens with two attached hydrogens (primary N) is 1. The molecule has 0 unspecified atom stereocenters. The van der Waals surface area contributed by atoms with Crippen molar-refractivity contribution < 1.29 is 4.79 Å². The van der Waals surface area contributed by atoms with Gasteiger partial charge in [-0.25, -0.2) is 4.98 Å². The van der Waals surface area contributed by atoms with E-state index in [0.29, 0.717) is 24.3 Å². The smallest absolute Gasteiger partial charge is 0.256 e. The molecule has 2 N–H and O–H groups in total. The van der Waals surface area contributed by atoms with Crippen LogP contribution < -0.4 is 5.73 Å². The first kappa shape index (κ1) is 15.3. The second-order valence-electron chi connectivity index (χ2n) is 4.12. The number of carbonyl (C=O) groups excluding carboxylic acids is 1. The summed E-state index contributed by atoms with van der Waals surface area (Å²) < 4.78 is 1.04. The average Bonchev–Trinajstić information content (AvgIpc) is 2.83. The van der Waals surface area contributed by atoms with Crippen LogP contribution in [0.5, 0.6) is 0 Å². The molecule has 0 saturated carbocycles. The van der Waals surface area contributed by atoms with Crippen LogP contribution in [0.4, 0.5) is 5.69 Å². The third-order valence-electron chi connectivity index (χ3n) is 2.78. The lowest BCUT2D eigenvalue weighted by Crippen LogP contribution is -2.30. The van der Waals surface area contributed by atoms with Gasteiger partial charge in [0, 0.05) is 11.4 Å². The van der Waals surface area contributed by atoms with Gasteiger partial charge in [-0.2, -0.15) is 0 Å². The normalized spacial score (nSPS) is 10.6. The van der Waals surface area contributed by atoms with Crippen molar-refractivity contribution >= 4 is 50.5 Å². The van der Waals surface area contributed by atoms with E-state index in [1.165, 1.54) is 12.3 Å². The molecule has 20 heavy (non-hydrogen) atoms. The highest BCUT2D eigenvalue weighted by Gasteiger charge is 2.18. The van der Waals surface area contributed by atoms with Crippen molar-refractivity contribution in [2.75, 3.05) is 12.3 Å². The maximum Gasteiger partial charge on any atom is 0.256 e. The van der Waals surface area contributed by atoms with Crippen LogP contribution in [0.2, 0.25) is 5.15 Å². The summed E-state index contributed by atoms with van der Waals surface area (Å²) in [7, 11) is 0. The molecule has 0 saturated heterocycles. The molecule has 106 valence electrons. The first-order valence-corrected chi connectivity index (χ1v) is 7.94. The summed E-state index contributed by atoms with van der Waals surface area (Å²) in [6, 6.07) is 5.47. The molecule has 0 spiro atoms. The monoisotopic (exact) mass is 373 g/mol. The van der Waals surface area contributed by atoms with Gasteiger partial charge in [-0.05, 0) is 41.1 Å². The molecule has 2 heterocycles. The highest BCUT2D eigenvalue weighted by molar-refractivity contribution is 9.11. The Hall–Kier alpha value is -1.11. The molecule has 0 atom stereocenters. The summed E-state index contributed by atoms with van der Waals surface area (Å²) in [5, 5.41) is 0.262. The first-order valence-electron chi connectivity index (χ1n) is 5.95. The molecule has 2 aromatic heterocycles. The zero-order chi connectivity index (χ0) is 14.7. The van der Waals surface area contributed by atoms with Gasteiger partial charge in [0.1, 0.15) is 5.15 Å². The molecular formula is C13H13BrClN3OS. The Morgan fingerprint density at radius 2 is 2.30 bits per heavy atom. The predicted molar refractivity (Wildman–Crippen MR) is 86.1 cm³/mol. The van der Waals surface area contributed by atoms with Crippen LogP contribution in [0.1, 0.15) is 22.2 Å². The van der Waals surface area contributed by atoms with E-state index in [1.807, 2.05) is 19.1 Å². The molecule has 0 aromatic carbocycles. The number of aromatic nitrogens is 1. The van der Waals surface area contributed by atoms with Crippen molar-refractivity contribution in [1.29, 1.82) is 0 Å². The number of pyridine rings is 1. The highest BCUT2D eigenvalue weighted by Crippen LogP contribution is 2.24. The van der Waals surface area contributed by atoms with Crippen molar-refractivity contribution in [2.45, 2.75) is 13.5 Å². The maximum atomic E-state index is 12.5. The topological polar surface area (TPSA) is 59.2 Å². The fourth-order valence-corrected chi connectivity index (χ4v) is 3.40. The Morgan fingerprint density at radius 3 is 2.90 bits per heavy atom. The number of nitrogens with zero attached hydrogens (tertiary/aromatic N) is 2. The molecule has 4 nitrogen and oxygen atoms in total. The maximum absolute atomic E-state index is 12.5. The summed E-state index contributed by atoms with van der Waals surface area (Å²) in [6.07, 6.45) is 1.41. The molecule has 2 aromatic rings. The minimum Gasteiger partial charge on any atom is -0.397 e. The fourth-order valence-electron chi connectivity index (χ4n) is 1.75. The zero-order valence-corrected chi connectivity index (χ0v) is 13.9. The Morgan fingerprint density at radius 1 is 1.55 bits per heavy atom. The van der Waals surface area contributed by atoms with E-state index in [1.54, 1.807) is 16.2 Å². The number of hydrogen-bond acceptors (Lipinski definition) is 4. The molecule has 7 heteroatoms. The van der Waals surface area contributed by atoms with Crippen molar-refractivity contribution in [1.82, 2.24) is 9.88 Å². The van der Waals surface area contributed by atoms with E-state index in [4.69, 9.17) is 17.3 Å². The summed E-state index contributed by atoms with van der Waals surface area (Å²) in [5.41, 5.74) is 6.54. The highest BCUT2D eigenvalue weighted by atomic mass is 79.9. The quantitative estimate of drug-likeness (QED) is 0.828. The van der Waals surface area contributed by atoms with Gasteiger partial charge >= 0.3 is 0 Å². The number of hydrogen-bond donors (Lipinski definition) is 1. The van der Waals surface area contributed by atoms with Gasteiger partial charge in [-0.15, -0.1) is 11.3 Å². The van der Waals surface area contributed by atoms with Crippen molar-refractivity contribution in [2.24, 2.45) is 0 Å². The number of thiophene rings is 1. The summed E-state index contributed by atoms with van der Waals surface area (Å²) in [4.78, 5) is 19.2. The fraction of sp³-hybridized carbons (Fsp3) is 0.231. The first-order chi connectivity index (χ1) is 9.51. The molecular weight excluding hydrogens is 362 g/mol. The lowest BCUT2D eigenvalue weighted by molar-refractivity contribution is 0.0755. The van der Waals surface area contributed by atoms with Crippen LogP contribution in [0.15, 0.2) is 28.2 Å². The van der Waals surface area contributed by atoms with Gasteiger partial charge in [0.05, 0.1) is 27.8 Å². The van der Waals surface area contributed by atoms with E-state index < -0.39 is 0 Å². The summed E-state index contributed by atoms with van der Waals surface area (Å²) in [5.74, 6) is -0.140. The largest absolute Gasteiger partial charge is 0.397 e. The molecule has 1 amide bonds. The van der Waals surface area contributed by atoms with E-state index in [9.17, 15) is 4.79 Å². The minimum atomic E-state index is -0.140. The van der Waals surface area contributed by atoms with Crippen LogP contribution in [-0.4, -0.2) is 22.3 Å². The van der Waals surface area contributed by atoms with Gasteiger partial charge in [0.25, 0.3) is 5.91 Å². The van der Waals surface area contributed by atoms with Crippen molar-refractivity contribution in [3.8, 4) is 0 Å². The summed E-state index contributed by atoms with van der Waals surface area (Å²) in [6.45, 7) is 3.07. The number of anilines is 1. The molecule has 0 bridgehead atoms. The Labute approximate surface area is 134 Å². The van der Waals surface area contributed by atoms with Gasteiger partial charge in [-0.1, -0.05) is 11.6 Å². The van der Waals surface area contributed by atoms with Crippen molar-refractivity contribution in [3.63, 3.8) is 0 Å². The van der Waals surface area contributed by atoms with Gasteiger partial charge in [0.15, 0.2) is 0 Å². The average molecular weight is 375 g/mol. The second-order valence-corrected chi connectivity index (χ2v) is 7.05. The van der Waals surface area contributed by atoms with Crippen LogP contribution >= 0.6 is 38.9 Å². The number of amides is 1. The standard InChI is InChI=1S/C13H13BrClN3OS/c1-2-18(7-8-3-4-11(14)20-8)13(19)9-5-12(15)17-6-10(9)16/h3-6H,2,7,16H2,1H3. The predicted octanol–water partition coefficient (Wildman–Crippen LogP) is 3.80. The van der Waals surface area contributed by atoms with E-state index >= 15 is 0 Å². The molecule has 0 radical (unpaired) electrons. The number of carbonyl (C=O) groups is 1. The molecule has 0 aliphatic carbocycles. The van der Waals surface area contributed by atoms with Gasteiger partial charge < -0.3 is 10.6 Å². The molecule has 0 aliphatic rings. The molecule has 0 aliphatic heterocycles. The lowest BCUT2D eigenvalue weighted by atomic mass is 10.2. The van der Waals surface area contributed by atoms with E-state index in [0.717, 1.165) is 8.66 Å².